The van der Waals surface area contributed by atoms with E-state index >= 15 is 0 Å². The van der Waals surface area contributed by atoms with E-state index < -0.39 is 0 Å². The first-order valence-corrected chi connectivity index (χ1v) is 10.8. The Morgan fingerprint density at radius 3 is 2.61 bits per heavy atom. The van der Waals surface area contributed by atoms with Crippen LogP contribution < -0.4 is 15.4 Å². The molecule has 1 aliphatic carbocycles. The number of ether oxygens (including phenoxy) is 1. The summed E-state index contributed by atoms with van der Waals surface area (Å²) in [6.45, 7) is 2.25. The van der Waals surface area contributed by atoms with E-state index in [1.165, 1.54) is 25.3 Å². The van der Waals surface area contributed by atoms with Gasteiger partial charge in [0.1, 0.15) is 11.6 Å². The second-order valence-electron chi connectivity index (χ2n) is 8.12. The first kappa shape index (κ1) is 21.6. The summed E-state index contributed by atoms with van der Waals surface area (Å²) in [4.78, 5) is 27.2. The highest BCUT2D eigenvalue weighted by Crippen LogP contribution is 2.34. The molecule has 1 saturated carbocycles. The number of carbonyl (C=O) groups excluding carboxylic acids is 2. The third-order valence-corrected chi connectivity index (χ3v) is 5.98. The van der Waals surface area contributed by atoms with E-state index in [-0.39, 0.29) is 29.6 Å². The summed E-state index contributed by atoms with van der Waals surface area (Å²) < 4.78 is 18.5. The SMILES string of the molecule is COc1cc(NC(=O)C2CC2)c(Cl)cc1C(=O)N[C@H]1CCN(Cc2ccc(F)cc2)C1. The van der Waals surface area contributed by atoms with Gasteiger partial charge < -0.3 is 15.4 Å². The molecule has 1 heterocycles. The van der Waals surface area contributed by atoms with Gasteiger partial charge in [-0.2, -0.15) is 0 Å². The van der Waals surface area contributed by atoms with Crippen LogP contribution in [0.4, 0.5) is 10.1 Å². The van der Waals surface area contributed by atoms with Crippen molar-refractivity contribution in [1.29, 1.82) is 0 Å². The lowest BCUT2D eigenvalue weighted by Gasteiger charge is -2.18. The first-order valence-electron chi connectivity index (χ1n) is 10.4. The third-order valence-electron chi connectivity index (χ3n) is 5.67. The van der Waals surface area contributed by atoms with Crippen LogP contribution in [0.3, 0.4) is 0 Å². The van der Waals surface area contributed by atoms with Crippen LogP contribution in [0.1, 0.15) is 35.2 Å². The number of hydrogen-bond acceptors (Lipinski definition) is 4. The van der Waals surface area contributed by atoms with E-state index in [2.05, 4.69) is 15.5 Å². The first-order chi connectivity index (χ1) is 14.9. The number of nitrogens with zero attached hydrogens (tertiary/aromatic N) is 1. The molecule has 1 aliphatic heterocycles. The van der Waals surface area contributed by atoms with Crippen LogP contribution in [0.15, 0.2) is 36.4 Å². The highest BCUT2D eigenvalue weighted by Gasteiger charge is 2.30. The van der Waals surface area contributed by atoms with Gasteiger partial charge in [-0.25, -0.2) is 4.39 Å². The summed E-state index contributed by atoms with van der Waals surface area (Å²) in [5, 5.41) is 6.15. The van der Waals surface area contributed by atoms with Crippen LogP contribution in [0, 0.1) is 11.7 Å². The average molecular weight is 446 g/mol. The molecule has 2 amide bonds. The highest BCUT2D eigenvalue weighted by molar-refractivity contribution is 6.34. The summed E-state index contributed by atoms with van der Waals surface area (Å²) in [7, 11) is 1.48. The molecular weight excluding hydrogens is 421 g/mol. The Bertz CT molecular complexity index is 979. The third kappa shape index (κ3) is 5.35. The molecule has 2 aromatic carbocycles. The Balaban J connectivity index is 1.38. The van der Waals surface area contributed by atoms with Gasteiger partial charge in [-0.15, -0.1) is 0 Å². The van der Waals surface area contributed by atoms with Crippen molar-refractivity contribution in [3.8, 4) is 5.75 Å². The lowest BCUT2D eigenvalue weighted by atomic mass is 10.1. The van der Waals surface area contributed by atoms with Gasteiger partial charge in [0.05, 0.1) is 23.4 Å². The van der Waals surface area contributed by atoms with Crippen molar-refractivity contribution in [2.45, 2.75) is 31.8 Å². The second-order valence-corrected chi connectivity index (χ2v) is 8.52. The molecule has 0 radical (unpaired) electrons. The minimum Gasteiger partial charge on any atom is -0.496 e. The largest absolute Gasteiger partial charge is 0.496 e. The lowest BCUT2D eigenvalue weighted by Crippen LogP contribution is -2.37. The van der Waals surface area contributed by atoms with Crippen molar-refractivity contribution >= 4 is 29.1 Å². The molecular formula is C23H25ClFN3O3. The fourth-order valence-electron chi connectivity index (χ4n) is 3.78. The van der Waals surface area contributed by atoms with Gasteiger partial charge in [-0.05, 0) is 43.0 Å². The molecule has 0 unspecified atom stereocenters. The van der Waals surface area contributed by atoms with Gasteiger partial charge in [-0.1, -0.05) is 23.7 Å². The van der Waals surface area contributed by atoms with Crippen molar-refractivity contribution in [2.75, 3.05) is 25.5 Å². The van der Waals surface area contributed by atoms with Crippen LogP contribution in [0.2, 0.25) is 5.02 Å². The zero-order valence-electron chi connectivity index (χ0n) is 17.3. The smallest absolute Gasteiger partial charge is 0.255 e. The van der Waals surface area contributed by atoms with Gasteiger partial charge in [0, 0.05) is 37.7 Å². The summed E-state index contributed by atoms with van der Waals surface area (Å²) >= 11 is 6.33. The maximum absolute atomic E-state index is 13.1. The Labute approximate surface area is 185 Å². The van der Waals surface area contributed by atoms with Crippen molar-refractivity contribution in [3.05, 3.63) is 58.4 Å². The maximum Gasteiger partial charge on any atom is 0.255 e. The van der Waals surface area contributed by atoms with Crippen molar-refractivity contribution in [2.24, 2.45) is 5.92 Å². The van der Waals surface area contributed by atoms with Gasteiger partial charge >= 0.3 is 0 Å². The van der Waals surface area contributed by atoms with Gasteiger partial charge in [0.25, 0.3) is 5.91 Å². The monoisotopic (exact) mass is 445 g/mol. The summed E-state index contributed by atoms with van der Waals surface area (Å²) in [6, 6.07) is 9.58. The molecule has 8 heteroatoms. The Hall–Kier alpha value is -2.64. The van der Waals surface area contributed by atoms with E-state index in [0.717, 1.165) is 31.4 Å². The summed E-state index contributed by atoms with van der Waals surface area (Å²) in [5.41, 5.74) is 1.80. The molecule has 6 nitrogen and oxygen atoms in total. The standard InChI is InChI=1S/C23H25ClFN3O3/c1-31-21-11-20(27-22(29)15-4-5-15)19(24)10-18(21)23(30)26-17-8-9-28(13-17)12-14-2-6-16(25)7-3-14/h2-3,6-7,10-11,15,17H,4-5,8-9,12-13H2,1H3,(H,26,30)(H,27,29)/t17-/m0/s1. The Morgan fingerprint density at radius 2 is 1.94 bits per heavy atom. The number of amides is 2. The number of likely N-dealkylation sites (tertiary alicyclic amines) is 1. The average Bonchev–Trinajstić information content (AvgIpc) is 3.52. The molecule has 164 valence electrons. The molecule has 0 spiro atoms. The minimum absolute atomic E-state index is 0.00863. The number of rotatable bonds is 7. The Kier molecular flexibility index (Phi) is 6.43. The quantitative estimate of drug-likeness (QED) is 0.679. The molecule has 4 rings (SSSR count). The zero-order chi connectivity index (χ0) is 22.0. The molecule has 31 heavy (non-hydrogen) atoms. The van der Waals surface area contributed by atoms with Gasteiger partial charge in [0.15, 0.2) is 0 Å². The predicted molar refractivity (Wildman–Crippen MR) is 117 cm³/mol. The number of hydrogen-bond donors (Lipinski definition) is 2. The van der Waals surface area contributed by atoms with Crippen molar-refractivity contribution in [1.82, 2.24) is 10.2 Å². The van der Waals surface area contributed by atoms with Gasteiger partial charge in [-0.3, -0.25) is 14.5 Å². The summed E-state index contributed by atoms with van der Waals surface area (Å²) in [6.07, 6.45) is 2.60. The normalized spacial score (nSPS) is 18.6. The number of methoxy groups -OCH3 is 1. The van der Waals surface area contributed by atoms with Crippen LogP contribution in [0.25, 0.3) is 0 Å². The maximum atomic E-state index is 13.1. The van der Waals surface area contributed by atoms with E-state index in [0.29, 0.717) is 35.1 Å². The number of nitrogens with one attached hydrogen (secondary N) is 2. The number of benzene rings is 2. The molecule has 2 aliphatic rings. The van der Waals surface area contributed by atoms with Crippen LogP contribution in [0.5, 0.6) is 5.75 Å². The highest BCUT2D eigenvalue weighted by atomic mass is 35.5. The molecule has 2 N–H and O–H groups in total. The predicted octanol–water partition coefficient (Wildman–Crippen LogP) is 3.84. The number of halogens is 2. The molecule has 0 bridgehead atoms. The van der Waals surface area contributed by atoms with E-state index in [9.17, 15) is 14.0 Å². The minimum atomic E-state index is -0.271. The van der Waals surface area contributed by atoms with Crippen LogP contribution >= 0.6 is 11.6 Å². The molecule has 2 aromatic rings. The fourth-order valence-corrected chi connectivity index (χ4v) is 3.99. The fraction of sp³-hybridized carbons (Fsp3) is 0.391. The number of carbonyl (C=O) groups is 2. The van der Waals surface area contributed by atoms with Gasteiger partial charge in [0.2, 0.25) is 5.91 Å². The molecule has 0 aromatic heterocycles. The van der Waals surface area contributed by atoms with Crippen molar-refractivity contribution < 1.29 is 18.7 Å². The van der Waals surface area contributed by atoms with Crippen LogP contribution in [-0.2, 0) is 11.3 Å². The topological polar surface area (TPSA) is 70.7 Å². The lowest BCUT2D eigenvalue weighted by molar-refractivity contribution is -0.117. The van der Waals surface area contributed by atoms with Crippen molar-refractivity contribution in [3.63, 3.8) is 0 Å². The molecule has 1 atom stereocenters. The number of anilines is 1. The van der Waals surface area contributed by atoms with E-state index in [1.54, 1.807) is 18.2 Å². The Morgan fingerprint density at radius 1 is 1.19 bits per heavy atom. The molecule has 1 saturated heterocycles. The molecule has 2 fully saturated rings. The van der Waals surface area contributed by atoms with E-state index in [1.807, 2.05) is 0 Å². The van der Waals surface area contributed by atoms with Crippen LogP contribution in [-0.4, -0.2) is 43.0 Å². The summed E-state index contributed by atoms with van der Waals surface area (Å²) in [5.74, 6) is -0.179. The van der Waals surface area contributed by atoms with E-state index in [4.69, 9.17) is 16.3 Å². The second kappa shape index (κ2) is 9.24. The zero-order valence-corrected chi connectivity index (χ0v) is 18.0.